The van der Waals surface area contributed by atoms with E-state index in [1.54, 1.807) is 7.11 Å². The molecule has 0 radical (unpaired) electrons. The highest BCUT2D eigenvalue weighted by molar-refractivity contribution is 9.10. The lowest BCUT2D eigenvalue weighted by molar-refractivity contribution is 0.305. The number of aryl methyl sites for hydroxylation is 1. The van der Waals surface area contributed by atoms with Gasteiger partial charge >= 0.3 is 0 Å². The minimum Gasteiger partial charge on any atom is -0.497 e. The number of hydrogen-bond acceptors (Lipinski definition) is 3. The molecule has 0 amide bonds. The minimum atomic E-state index is 0.528. The van der Waals surface area contributed by atoms with Crippen molar-refractivity contribution in [1.82, 2.24) is 4.98 Å². The normalized spacial score (nSPS) is 9.45. The Morgan fingerprint density at radius 2 is 1.70 bits per heavy atom. The molecule has 0 aliphatic rings. The van der Waals surface area contributed by atoms with Gasteiger partial charge in [-0.1, -0.05) is 26.0 Å². The molecule has 108 valence electrons. The first-order valence-electron chi connectivity index (χ1n) is 6.57. The maximum absolute atomic E-state index is 5.72. The van der Waals surface area contributed by atoms with E-state index in [1.165, 1.54) is 0 Å². The second-order valence-electron chi connectivity index (χ2n) is 3.90. The van der Waals surface area contributed by atoms with Crippen LogP contribution in [0.25, 0.3) is 0 Å². The molecule has 4 heteroatoms. The Bertz CT molecular complexity index is 506. The molecule has 1 heterocycles. The van der Waals surface area contributed by atoms with Crippen LogP contribution in [0.4, 0.5) is 0 Å². The highest BCUT2D eigenvalue weighted by Gasteiger charge is 2.00. The summed E-state index contributed by atoms with van der Waals surface area (Å²) < 4.78 is 11.6. The van der Waals surface area contributed by atoms with Crippen LogP contribution in [0, 0.1) is 6.92 Å². The summed E-state index contributed by atoms with van der Waals surface area (Å²) in [5.74, 6) is 1.66. The molecular formula is C16H20BrNO2. The van der Waals surface area contributed by atoms with Gasteiger partial charge in [-0.25, -0.2) is 4.98 Å². The molecule has 1 aromatic heterocycles. The second kappa shape index (κ2) is 8.59. The number of ether oxygens (including phenoxy) is 2. The lowest BCUT2D eigenvalue weighted by atomic mass is 10.2. The Hall–Kier alpha value is -1.55. The van der Waals surface area contributed by atoms with Gasteiger partial charge in [0.15, 0.2) is 0 Å². The van der Waals surface area contributed by atoms with Crippen molar-refractivity contribution in [2.24, 2.45) is 0 Å². The summed E-state index contributed by atoms with van der Waals surface area (Å²) in [5, 5.41) is 0. The fourth-order valence-electron chi connectivity index (χ4n) is 1.57. The number of benzene rings is 1. The minimum absolute atomic E-state index is 0.528. The van der Waals surface area contributed by atoms with Crippen molar-refractivity contribution < 1.29 is 9.47 Å². The molecule has 0 N–H and O–H groups in total. The number of methoxy groups -OCH3 is 1. The summed E-state index contributed by atoms with van der Waals surface area (Å²) in [7, 11) is 1.66. The van der Waals surface area contributed by atoms with Crippen LogP contribution < -0.4 is 9.47 Å². The standard InChI is InChI=1S/C14H14BrNO2.C2H6/c1-10-7-13(8-14(15)16-10)18-9-11-3-5-12(17-2)6-4-11;1-2/h3-8H,9H2,1-2H3;1-2H3. The molecule has 20 heavy (non-hydrogen) atoms. The molecule has 0 spiro atoms. The summed E-state index contributed by atoms with van der Waals surface area (Å²) in [5.41, 5.74) is 2.02. The Morgan fingerprint density at radius 3 is 2.25 bits per heavy atom. The fourth-order valence-corrected chi connectivity index (χ4v) is 2.08. The molecule has 0 unspecified atom stereocenters. The van der Waals surface area contributed by atoms with Crippen LogP contribution in [-0.2, 0) is 6.61 Å². The molecule has 1 aromatic carbocycles. The van der Waals surface area contributed by atoms with Crippen LogP contribution in [0.15, 0.2) is 41.0 Å². The zero-order chi connectivity index (χ0) is 15.0. The summed E-state index contributed by atoms with van der Waals surface area (Å²) in [6, 6.07) is 11.6. The Labute approximate surface area is 129 Å². The molecule has 0 aliphatic heterocycles. The topological polar surface area (TPSA) is 31.4 Å². The number of pyridine rings is 1. The number of aromatic nitrogens is 1. The molecular weight excluding hydrogens is 318 g/mol. The van der Waals surface area contributed by atoms with Crippen molar-refractivity contribution in [3.63, 3.8) is 0 Å². The van der Waals surface area contributed by atoms with E-state index in [9.17, 15) is 0 Å². The van der Waals surface area contributed by atoms with Crippen LogP contribution in [0.5, 0.6) is 11.5 Å². The largest absolute Gasteiger partial charge is 0.497 e. The highest BCUT2D eigenvalue weighted by atomic mass is 79.9. The van der Waals surface area contributed by atoms with Crippen molar-refractivity contribution in [1.29, 1.82) is 0 Å². The maximum atomic E-state index is 5.72. The molecule has 2 rings (SSSR count). The lowest BCUT2D eigenvalue weighted by Crippen LogP contribution is -1.96. The van der Waals surface area contributed by atoms with Gasteiger partial charge in [-0.15, -0.1) is 0 Å². The third-order valence-electron chi connectivity index (χ3n) is 2.46. The van der Waals surface area contributed by atoms with E-state index in [0.717, 1.165) is 27.4 Å². The van der Waals surface area contributed by atoms with Gasteiger partial charge in [-0.05, 0) is 40.5 Å². The van der Waals surface area contributed by atoms with Crippen molar-refractivity contribution in [3.8, 4) is 11.5 Å². The van der Waals surface area contributed by atoms with Gasteiger partial charge in [-0.3, -0.25) is 0 Å². The van der Waals surface area contributed by atoms with Crippen LogP contribution in [0.1, 0.15) is 25.1 Å². The van der Waals surface area contributed by atoms with Crippen LogP contribution in [0.2, 0.25) is 0 Å². The van der Waals surface area contributed by atoms with Crippen molar-refractivity contribution in [2.45, 2.75) is 27.4 Å². The fraction of sp³-hybridized carbons (Fsp3) is 0.312. The van der Waals surface area contributed by atoms with Crippen molar-refractivity contribution in [2.75, 3.05) is 7.11 Å². The van der Waals surface area contributed by atoms with Crippen LogP contribution in [-0.4, -0.2) is 12.1 Å². The predicted octanol–water partition coefficient (Wildman–Crippen LogP) is 4.77. The third kappa shape index (κ3) is 5.21. The van der Waals surface area contributed by atoms with E-state index in [1.807, 2.05) is 57.2 Å². The van der Waals surface area contributed by atoms with Gasteiger partial charge in [0.2, 0.25) is 0 Å². The van der Waals surface area contributed by atoms with Crippen LogP contribution in [0.3, 0.4) is 0 Å². The molecule has 0 saturated heterocycles. The highest BCUT2D eigenvalue weighted by Crippen LogP contribution is 2.19. The maximum Gasteiger partial charge on any atom is 0.124 e. The average molecular weight is 338 g/mol. The van der Waals surface area contributed by atoms with E-state index in [0.29, 0.717) is 6.61 Å². The lowest BCUT2D eigenvalue weighted by Gasteiger charge is -2.08. The number of halogens is 1. The summed E-state index contributed by atoms with van der Waals surface area (Å²) in [6.45, 7) is 6.46. The number of rotatable bonds is 4. The average Bonchev–Trinajstić information content (AvgIpc) is 2.47. The first-order chi connectivity index (χ1) is 9.67. The van der Waals surface area contributed by atoms with E-state index in [-0.39, 0.29) is 0 Å². The first kappa shape index (κ1) is 16.5. The van der Waals surface area contributed by atoms with Gasteiger partial charge in [0.1, 0.15) is 22.7 Å². The summed E-state index contributed by atoms with van der Waals surface area (Å²) >= 11 is 3.35. The Morgan fingerprint density at radius 1 is 1.05 bits per heavy atom. The molecule has 2 aromatic rings. The second-order valence-corrected chi connectivity index (χ2v) is 4.72. The third-order valence-corrected chi connectivity index (χ3v) is 2.87. The van der Waals surface area contributed by atoms with Crippen molar-refractivity contribution >= 4 is 15.9 Å². The summed E-state index contributed by atoms with van der Waals surface area (Å²) in [4.78, 5) is 4.23. The Balaban J connectivity index is 0.000000956. The number of nitrogens with zero attached hydrogens (tertiary/aromatic N) is 1. The molecule has 3 nitrogen and oxygen atoms in total. The molecule has 0 saturated carbocycles. The smallest absolute Gasteiger partial charge is 0.124 e. The quantitative estimate of drug-likeness (QED) is 0.753. The molecule has 0 atom stereocenters. The van der Waals surface area contributed by atoms with E-state index in [4.69, 9.17) is 9.47 Å². The Kier molecular flexibility index (Phi) is 7.09. The molecule has 0 bridgehead atoms. The SMILES string of the molecule is CC.COc1ccc(COc2cc(C)nc(Br)c2)cc1. The van der Waals surface area contributed by atoms with E-state index < -0.39 is 0 Å². The molecule has 0 fully saturated rings. The van der Waals surface area contributed by atoms with E-state index in [2.05, 4.69) is 20.9 Å². The van der Waals surface area contributed by atoms with E-state index >= 15 is 0 Å². The van der Waals surface area contributed by atoms with Crippen molar-refractivity contribution in [3.05, 3.63) is 52.3 Å². The van der Waals surface area contributed by atoms with Gasteiger partial charge in [0, 0.05) is 17.8 Å². The monoisotopic (exact) mass is 337 g/mol. The first-order valence-corrected chi connectivity index (χ1v) is 7.36. The van der Waals surface area contributed by atoms with Crippen LogP contribution >= 0.6 is 15.9 Å². The predicted molar refractivity (Wildman–Crippen MR) is 85.3 cm³/mol. The zero-order valence-electron chi connectivity index (χ0n) is 12.3. The zero-order valence-corrected chi connectivity index (χ0v) is 13.9. The van der Waals surface area contributed by atoms with Gasteiger partial charge in [-0.2, -0.15) is 0 Å². The molecule has 0 aliphatic carbocycles. The number of hydrogen-bond donors (Lipinski definition) is 0. The summed E-state index contributed by atoms with van der Waals surface area (Å²) in [6.07, 6.45) is 0. The van der Waals surface area contributed by atoms with Gasteiger partial charge in [0.05, 0.1) is 7.11 Å². The van der Waals surface area contributed by atoms with Gasteiger partial charge < -0.3 is 9.47 Å². The van der Waals surface area contributed by atoms with Gasteiger partial charge in [0.25, 0.3) is 0 Å².